The first-order valence-corrected chi connectivity index (χ1v) is 9.85. The van der Waals surface area contributed by atoms with Gasteiger partial charge in [0, 0.05) is 44.2 Å². The molecule has 0 unspecified atom stereocenters. The van der Waals surface area contributed by atoms with Crippen LogP contribution in [-0.2, 0) is 23.1 Å². The minimum atomic E-state index is -0.187. The van der Waals surface area contributed by atoms with Gasteiger partial charge in [0.05, 0.1) is 20.3 Å². The number of aromatic nitrogens is 1. The number of hydrogen-bond acceptors (Lipinski definition) is 4. The zero-order valence-electron chi connectivity index (χ0n) is 17.3. The van der Waals surface area contributed by atoms with Gasteiger partial charge in [-0.2, -0.15) is 0 Å². The van der Waals surface area contributed by atoms with Crippen LogP contribution in [0.1, 0.15) is 28.9 Å². The zero-order valence-corrected chi connectivity index (χ0v) is 17.3. The van der Waals surface area contributed by atoms with Crippen molar-refractivity contribution in [1.82, 2.24) is 14.4 Å². The molecule has 0 spiro atoms. The summed E-state index contributed by atoms with van der Waals surface area (Å²) in [7, 11) is 5.15. The molecule has 29 heavy (non-hydrogen) atoms. The summed E-state index contributed by atoms with van der Waals surface area (Å²) in [6, 6.07) is 11.2. The van der Waals surface area contributed by atoms with E-state index in [9.17, 15) is 9.59 Å². The van der Waals surface area contributed by atoms with E-state index in [2.05, 4.69) is 0 Å². The molecule has 0 bridgehead atoms. The highest BCUT2D eigenvalue weighted by Crippen LogP contribution is 2.28. The molecule has 0 radical (unpaired) electrons. The minimum absolute atomic E-state index is 0.0355. The van der Waals surface area contributed by atoms with Gasteiger partial charge in [-0.25, -0.2) is 0 Å². The molecule has 1 aliphatic carbocycles. The minimum Gasteiger partial charge on any atom is -0.497 e. The molecule has 2 aromatic rings. The Kier molecular flexibility index (Phi) is 6.93. The fourth-order valence-corrected chi connectivity index (χ4v) is 3.27. The van der Waals surface area contributed by atoms with Gasteiger partial charge in [0.25, 0.3) is 5.91 Å². The first-order chi connectivity index (χ1) is 14.0. The van der Waals surface area contributed by atoms with Crippen molar-refractivity contribution in [2.24, 2.45) is 7.05 Å². The Bertz CT molecular complexity index is 827. The van der Waals surface area contributed by atoms with E-state index < -0.39 is 0 Å². The second-order valence-corrected chi connectivity index (χ2v) is 7.31. The molecule has 7 heteroatoms. The van der Waals surface area contributed by atoms with Crippen molar-refractivity contribution in [1.29, 1.82) is 0 Å². The summed E-state index contributed by atoms with van der Waals surface area (Å²) in [5.74, 6) is 0.461. The molecule has 156 valence electrons. The van der Waals surface area contributed by atoms with Gasteiger partial charge in [-0.3, -0.25) is 9.59 Å². The third-order valence-corrected chi connectivity index (χ3v) is 5.21. The maximum atomic E-state index is 13.1. The number of hydrogen-bond donors (Lipinski definition) is 0. The number of methoxy groups -OCH3 is 2. The number of carbonyl (C=O) groups excluding carboxylic acids is 2. The van der Waals surface area contributed by atoms with E-state index in [0.717, 1.165) is 18.5 Å². The number of aryl methyl sites for hydroxylation is 1. The van der Waals surface area contributed by atoms with Crippen molar-refractivity contribution in [3.8, 4) is 5.75 Å². The fourth-order valence-electron chi connectivity index (χ4n) is 3.27. The van der Waals surface area contributed by atoms with Crippen molar-refractivity contribution in [2.45, 2.75) is 25.4 Å². The van der Waals surface area contributed by atoms with Crippen LogP contribution >= 0.6 is 0 Å². The normalized spacial score (nSPS) is 13.2. The fraction of sp³-hybridized carbons (Fsp3) is 0.455. The topological polar surface area (TPSA) is 64.0 Å². The second-order valence-electron chi connectivity index (χ2n) is 7.31. The molecule has 0 saturated heterocycles. The van der Waals surface area contributed by atoms with E-state index in [1.54, 1.807) is 43.4 Å². The Balaban J connectivity index is 1.72. The lowest BCUT2D eigenvalue weighted by atomic mass is 10.2. The molecule has 0 aliphatic heterocycles. The molecule has 1 aromatic heterocycles. The molecule has 1 fully saturated rings. The van der Waals surface area contributed by atoms with Crippen LogP contribution in [-0.4, -0.2) is 66.1 Å². The Morgan fingerprint density at radius 2 is 1.86 bits per heavy atom. The first kappa shape index (κ1) is 20.9. The molecule has 2 amide bonds. The Hall–Kier alpha value is -2.80. The summed E-state index contributed by atoms with van der Waals surface area (Å²) < 4.78 is 12.3. The Morgan fingerprint density at radius 1 is 1.14 bits per heavy atom. The van der Waals surface area contributed by atoms with E-state index in [0.29, 0.717) is 31.0 Å². The lowest BCUT2D eigenvalue weighted by molar-refractivity contribution is -0.133. The highest BCUT2D eigenvalue weighted by molar-refractivity contribution is 5.96. The second kappa shape index (κ2) is 9.60. The predicted octanol–water partition coefficient (Wildman–Crippen LogP) is 2.31. The van der Waals surface area contributed by atoms with Crippen LogP contribution in [0.2, 0.25) is 0 Å². The van der Waals surface area contributed by atoms with Crippen LogP contribution in [0.4, 0.5) is 0 Å². The average molecular weight is 399 g/mol. The molecule has 1 aromatic carbocycles. The van der Waals surface area contributed by atoms with Crippen molar-refractivity contribution in [3.63, 3.8) is 0 Å². The number of rotatable bonds is 10. The molecular weight excluding hydrogens is 370 g/mol. The number of benzene rings is 1. The van der Waals surface area contributed by atoms with E-state index in [-0.39, 0.29) is 24.4 Å². The summed E-state index contributed by atoms with van der Waals surface area (Å²) >= 11 is 0. The molecule has 0 N–H and O–H groups in total. The van der Waals surface area contributed by atoms with Gasteiger partial charge in [-0.05, 0) is 49.2 Å². The highest BCUT2D eigenvalue weighted by atomic mass is 16.5. The third kappa shape index (κ3) is 5.38. The SMILES string of the molecule is COCCN(CC(=O)N(Cc1cccn1C)C1CC1)C(=O)c1ccc(OC)cc1. The van der Waals surface area contributed by atoms with Crippen LogP contribution in [0.5, 0.6) is 5.75 Å². The third-order valence-electron chi connectivity index (χ3n) is 5.21. The van der Waals surface area contributed by atoms with Crippen LogP contribution in [0.15, 0.2) is 42.6 Å². The van der Waals surface area contributed by atoms with Crippen LogP contribution < -0.4 is 4.74 Å². The van der Waals surface area contributed by atoms with Crippen LogP contribution in [0.3, 0.4) is 0 Å². The molecule has 0 atom stereocenters. The monoisotopic (exact) mass is 399 g/mol. The van der Waals surface area contributed by atoms with Crippen LogP contribution in [0.25, 0.3) is 0 Å². The van der Waals surface area contributed by atoms with Crippen molar-refractivity contribution >= 4 is 11.8 Å². The predicted molar refractivity (Wildman–Crippen MR) is 110 cm³/mol. The molecule has 1 saturated carbocycles. The largest absolute Gasteiger partial charge is 0.497 e. The van der Waals surface area contributed by atoms with E-state index in [1.165, 1.54) is 0 Å². The standard InChI is InChI=1S/C22H29N3O4/c1-23-12-4-5-19(23)15-25(18-8-9-18)21(26)16-24(13-14-28-2)22(27)17-6-10-20(29-3)11-7-17/h4-7,10-12,18H,8-9,13-16H2,1-3H3. The molecular formula is C22H29N3O4. The summed E-state index contributed by atoms with van der Waals surface area (Å²) in [6.07, 6.45) is 4.00. The summed E-state index contributed by atoms with van der Waals surface area (Å²) in [6.45, 7) is 1.32. The summed E-state index contributed by atoms with van der Waals surface area (Å²) in [5, 5.41) is 0. The quantitative estimate of drug-likeness (QED) is 0.615. The van der Waals surface area contributed by atoms with E-state index in [4.69, 9.17) is 9.47 Å². The number of ether oxygens (including phenoxy) is 2. The maximum Gasteiger partial charge on any atom is 0.254 e. The van der Waals surface area contributed by atoms with Crippen LogP contribution in [0, 0.1) is 0 Å². The van der Waals surface area contributed by atoms with E-state index in [1.807, 2.05) is 34.8 Å². The number of amides is 2. The molecule has 1 aliphatic rings. The average Bonchev–Trinajstić information content (AvgIpc) is 3.50. The van der Waals surface area contributed by atoms with Gasteiger partial charge in [0.15, 0.2) is 0 Å². The van der Waals surface area contributed by atoms with Gasteiger partial charge in [0.2, 0.25) is 5.91 Å². The summed E-state index contributed by atoms with van der Waals surface area (Å²) in [4.78, 5) is 29.6. The highest BCUT2D eigenvalue weighted by Gasteiger charge is 2.34. The molecule has 7 nitrogen and oxygen atoms in total. The molecule has 3 rings (SSSR count). The van der Waals surface area contributed by atoms with Crippen molar-refractivity contribution < 1.29 is 19.1 Å². The number of nitrogens with zero attached hydrogens (tertiary/aromatic N) is 3. The number of carbonyl (C=O) groups is 2. The van der Waals surface area contributed by atoms with E-state index >= 15 is 0 Å². The first-order valence-electron chi connectivity index (χ1n) is 9.85. The lowest BCUT2D eigenvalue weighted by Crippen LogP contribution is -2.44. The van der Waals surface area contributed by atoms with Crippen molar-refractivity contribution in [2.75, 3.05) is 33.9 Å². The van der Waals surface area contributed by atoms with Gasteiger partial charge in [-0.15, -0.1) is 0 Å². The maximum absolute atomic E-state index is 13.1. The van der Waals surface area contributed by atoms with Gasteiger partial charge in [-0.1, -0.05) is 0 Å². The Morgan fingerprint density at radius 3 is 2.41 bits per heavy atom. The van der Waals surface area contributed by atoms with Gasteiger partial charge < -0.3 is 23.8 Å². The molecule has 1 heterocycles. The van der Waals surface area contributed by atoms with Crippen molar-refractivity contribution in [3.05, 3.63) is 53.9 Å². The lowest BCUT2D eigenvalue weighted by Gasteiger charge is -2.28. The smallest absolute Gasteiger partial charge is 0.254 e. The van der Waals surface area contributed by atoms with Gasteiger partial charge >= 0.3 is 0 Å². The van der Waals surface area contributed by atoms with Gasteiger partial charge in [0.1, 0.15) is 12.3 Å². The zero-order chi connectivity index (χ0) is 20.8. The Labute approximate surface area is 171 Å². The summed E-state index contributed by atoms with van der Waals surface area (Å²) in [5.41, 5.74) is 1.60.